The summed E-state index contributed by atoms with van der Waals surface area (Å²) in [6, 6.07) is 20.2. The summed E-state index contributed by atoms with van der Waals surface area (Å²) in [5.41, 5.74) is 2.25. The zero-order valence-corrected chi connectivity index (χ0v) is 14.6. The van der Waals surface area contributed by atoms with Gasteiger partial charge >= 0.3 is 5.97 Å². The van der Waals surface area contributed by atoms with Gasteiger partial charge in [-0.1, -0.05) is 60.7 Å². The Labute approximate surface area is 153 Å². The molecule has 2 fully saturated rings. The van der Waals surface area contributed by atoms with Crippen molar-refractivity contribution in [3.8, 4) is 0 Å². The molecule has 136 valence electrons. The number of hydrogen-bond donors (Lipinski definition) is 0. The van der Waals surface area contributed by atoms with E-state index < -0.39 is 0 Å². The first-order valence-corrected chi connectivity index (χ1v) is 9.04. The van der Waals surface area contributed by atoms with E-state index in [1.54, 1.807) is 0 Å². The van der Waals surface area contributed by atoms with E-state index in [1.165, 1.54) is 0 Å². The highest BCUT2D eigenvalue weighted by Crippen LogP contribution is 2.36. The van der Waals surface area contributed by atoms with E-state index in [0.717, 1.165) is 11.1 Å². The van der Waals surface area contributed by atoms with Crippen LogP contribution in [0.4, 0.5) is 0 Å². The number of ether oxygens (including phenoxy) is 2. The third-order valence-electron chi connectivity index (χ3n) is 5.03. The number of carbonyl (C=O) groups excluding carboxylic acids is 1. The molecule has 0 aromatic heterocycles. The first kappa shape index (κ1) is 17.2. The normalized spacial score (nSPS) is 25.2. The van der Waals surface area contributed by atoms with Crippen LogP contribution in [0.2, 0.25) is 0 Å². The van der Waals surface area contributed by atoms with Crippen LogP contribution in [0.3, 0.4) is 0 Å². The van der Waals surface area contributed by atoms with E-state index in [0.29, 0.717) is 32.8 Å². The number of hydrogen-bond acceptors (Lipinski definition) is 5. The molecule has 0 saturated carbocycles. The average molecular weight is 353 g/mol. The van der Waals surface area contributed by atoms with Gasteiger partial charge in [0.15, 0.2) is 0 Å². The Bertz CT molecular complexity index is 721. The fraction of sp³-hybridized carbons (Fsp3) is 0.381. The van der Waals surface area contributed by atoms with Gasteiger partial charge in [0.05, 0.1) is 38.8 Å². The molecule has 2 saturated heterocycles. The minimum absolute atomic E-state index is 0.0267. The second kappa shape index (κ2) is 7.99. The van der Waals surface area contributed by atoms with E-state index in [2.05, 4.69) is 0 Å². The van der Waals surface area contributed by atoms with Gasteiger partial charge in [-0.15, -0.1) is 0 Å². The summed E-state index contributed by atoms with van der Waals surface area (Å²) in [7, 11) is 0. The molecule has 0 radical (unpaired) electrons. The van der Waals surface area contributed by atoms with Crippen molar-refractivity contribution in [3.63, 3.8) is 0 Å². The molecule has 26 heavy (non-hydrogen) atoms. The molecule has 4 rings (SSSR count). The summed E-state index contributed by atoms with van der Waals surface area (Å²) in [4.78, 5) is 17.7. The molecule has 0 spiro atoms. The van der Waals surface area contributed by atoms with Gasteiger partial charge in [-0.05, 0) is 11.1 Å². The van der Waals surface area contributed by atoms with E-state index in [9.17, 15) is 4.79 Å². The summed E-state index contributed by atoms with van der Waals surface area (Å²) in [6.45, 7) is 2.17. The van der Waals surface area contributed by atoms with Crippen LogP contribution in [-0.2, 0) is 32.3 Å². The Hall–Kier alpha value is -2.21. The van der Waals surface area contributed by atoms with Gasteiger partial charge in [-0.25, -0.2) is 0 Å². The molecular weight excluding hydrogens is 330 g/mol. The van der Waals surface area contributed by atoms with Crippen molar-refractivity contribution in [2.45, 2.75) is 31.8 Å². The predicted molar refractivity (Wildman–Crippen MR) is 95.8 cm³/mol. The van der Waals surface area contributed by atoms with Crippen molar-refractivity contribution < 1.29 is 19.1 Å². The molecule has 0 amide bonds. The van der Waals surface area contributed by atoms with Gasteiger partial charge in [-0.3, -0.25) is 9.63 Å². The molecule has 0 unspecified atom stereocenters. The third-order valence-corrected chi connectivity index (χ3v) is 5.03. The molecule has 0 N–H and O–H groups in total. The SMILES string of the molecule is O=C1C[C@H]2[C@H](CN(OCc3ccccc3)[C@@H]2COCc2ccccc2)O1. The lowest BCUT2D eigenvalue weighted by molar-refractivity contribution is -0.198. The quantitative estimate of drug-likeness (QED) is 0.716. The Morgan fingerprint density at radius 1 is 0.962 bits per heavy atom. The van der Waals surface area contributed by atoms with Crippen LogP contribution < -0.4 is 0 Å². The standard InChI is InChI=1S/C21H23NO4/c23-21-11-18-19(15-24-13-16-7-3-1-4-8-16)22(12-20(18)26-21)25-14-17-9-5-2-6-10-17/h1-10,18-20H,11-15H2/t18-,19-,20+/m1/s1. The van der Waals surface area contributed by atoms with Gasteiger partial charge in [0.1, 0.15) is 6.10 Å². The van der Waals surface area contributed by atoms with Crippen LogP contribution in [0.5, 0.6) is 0 Å². The molecule has 2 aliphatic heterocycles. The van der Waals surface area contributed by atoms with Gasteiger partial charge in [0.25, 0.3) is 0 Å². The van der Waals surface area contributed by atoms with Crippen LogP contribution in [0.1, 0.15) is 17.5 Å². The highest BCUT2D eigenvalue weighted by Gasteiger charge is 2.49. The number of benzene rings is 2. The van der Waals surface area contributed by atoms with E-state index in [1.807, 2.05) is 65.7 Å². The van der Waals surface area contributed by atoms with Gasteiger partial charge in [0.2, 0.25) is 0 Å². The second-order valence-corrected chi connectivity index (χ2v) is 6.82. The van der Waals surface area contributed by atoms with Crippen LogP contribution in [0.15, 0.2) is 60.7 Å². The van der Waals surface area contributed by atoms with Crippen LogP contribution in [-0.4, -0.2) is 36.3 Å². The largest absolute Gasteiger partial charge is 0.461 e. The van der Waals surface area contributed by atoms with Crippen LogP contribution in [0.25, 0.3) is 0 Å². The molecule has 2 aromatic carbocycles. The maximum Gasteiger partial charge on any atom is 0.306 e. The Balaban J connectivity index is 1.37. The van der Waals surface area contributed by atoms with Crippen molar-refractivity contribution >= 4 is 5.97 Å². The first-order chi connectivity index (χ1) is 12.8. The summed E-state index contributed by atoms with van der Waals surface area (Å²) in [6.07, 6.45) is 0.346. The summed E-state index contributed by atoms with van der Waals surface area (Å²) in [5.74, 6) is 0.0183. The maximum absolute atomic E-state index is 11.7. The van der Waals surface area contributed by atoms with Gasteiger partial charge in [0, 0.05) is 5.92 Å². The molecular formula is C21H23NO4. The number of esters is 1. The molecule has 2 aromatic rings. The lowest BCUT2D eigenvalue weighted by atomic mass is 9.98. The number of rotatable bonds is 7. The molecule has 2 aliphatic rings. The first-order valence-electron chi connectivity index (χ1n) is 9.04. The Morgan fingerprint density at radius 2 is 1.62 bits per heavy atom. The number of nitrogens with zero attached hydrogens (tertiary/aromatic N) is 1. The topological polar surface area (TPSA) is 48.0 Å². The molecule has 3 atom stereocenters. The maximum atomic E-state index is 11.7. The molecule has 2 heterocycles. The molecule has 0 aliphatic carbocycles. The fourth-order valence-corrected chi connectivity index (χ4v) is 3.67. The highest BCUT2D eigenvalue weighted by atomic mass is 16.7. The minimum atomic E-state index is -0.115. The number of carbonyl (C=O) groups is 1. The zero-order chi connectivity index (χ0) is 17.8. The van der Waals surface area contributed by atoms with E-state index in [4.69, 9.17) is 14.3 Å². The monoisotopic (exact) mass is 353 g/mol. The summed E-state index contributed by atoms with van der Waals surface area (Å²) >= 11 is 0. The molecule has 5 heteroatoms. The lowest BCUT2D eigenvalue weighted by Gasteiger charge is -2.26. The molecule has 0 bridgehead atoms. The van der Waals surface area contributed by atoms with Gasteiger partial charge < -0.3 is 9.47 Å². The van der Waals surface area contributed by atoms with Crippen LogP contribution in [0, 0.1) is 5.92 Å². The lowest BCUT2D eigenvalue weighted by Crippen LogP contribution is -2.37. The smallest absolute Gasteiger partial charge is 0.306 e. The van der Waals surface area contributed by atoms with E-state index >= 15 is 0 Å². The van der Waals surface area contributed by atoms with Crippen molar-refractivity contribution in [1.29, 1.82) is 0 Å². The van der Waals surface area contributed by atoms with Crippen molar-refractivity contribution in [1.82, 2.24) is 5.06 Å². The van der Waals surface area contributed by atoms with Gasteiger partial charge in [-0.2, -0.15) is 5.06 Å². The summed E-state index contributed by atoms with van der Waals surface area (Å²) < 4.78 is 11.4. The second-order valence-electron chi connectivity index (χ2n) is 6.82. The van der Waals surface area contributed by atoms with E-state index in [-0.39, 0.29) is 24.0 Å². The minimum Gasteiger partial charge on any atom is -0.461 e. The Morgan fingerprint density at radius 3 is 2.31 bits per heavy atom. The van der Waals surface area contributed by atoms with Crippen molar-refractivity contribution in [3.05, 3.63) is 71.8 Å². The highest BCUT2D eigenvalue weighted by molar-refractivity contribution is 5.72. The number of hydroxylamine groups is 2. The molecule has 5 nitrogen and oxygen atoms in total. The van der Waals surface area contributed by atoms with Crippen molar-refractivity contribution in [2.75, 3.05) is 13.2 Å². The third kappa shape index (κ3) is 3.96. The zero-order valence-electron chi connectivity index (χ0n) is 14.6. The predicted octanol–water partition coefficient (Wildman–Crippen LogP) is 2.95. The van der Waals surface area contributed by atoms with Crippen LogP contribution >= 0.6 is 0 Å². The van der Waals surface area contributed by atoms with Crippen molar-refractivity contribution in [2.24, 2.45) is 5.92 Å². The number of fused-ring (bicyclic) bond motifs is 1. The summed E-state index contributed by atoms with van der Waals surface area (Å²) in [5, 5.41) is 1.94. The average Bonchev–Trinajstić information content (AvgIpc) is 3.18. The Kier molecular flexibility index (Phi) is 5.29. The fourth-order valence-electron chi connectivity index (χ4n) is 3.67.